The number of furan rings is 1. The van der Waals surface area contributed by atoms with E-state index in [4.69, 9.17) is 26.1 Å². The first kappa shape index (κ1) is 22.6. The van der Waals surface area contributed by atoms with Gasteiger partial charge >= 0.3 is 5.97 Å². The topological polar surface area (TPSA) is 78.2 Å². The lowest BCUT2D eigenvalue weighted by Crippen LogP contribution is -2.27. The number of benzene rings is 2. The molecule has 7 nitrogen and oxygen atoms in total. The zero-order valence-electron chi connectivity index (χ0n) is 17.8. The average Bonchev–Trinajstić information content (AvgIpc) is 3.42. The third-order valence-electron chi connectivity index (χ3n) is 4.71. The van der Waals surface area contributed by atoms with Gasteiger partial charge in [0.15, 0.2) is 15.8 Å². The number of amides is 1. The molecule has 2 aromatic carbocycles. The van der Waals surface area contributed by atoms with Gasteiger partial charge in [-0.2, -0.15) is 0 Å². The fourth-order valence-electron chi connectivity index (χ4n) is 3.13. The minimum atomic E-state index is -0.555. The number of methoxy groups -OCH3 is 2. The Balaban J connectivity index is 1.49. The Bertz CT molecular complexity index is 1230. The van der Waals surface area contributed by atoms with Gasteiger partial charge in [-0.25, -0.2) is 4.79 Å². The van der Waals surface area contributed by atoms with E-state index in [1.807, 2.05) is 36.4 Å². The van der Waals surface area contributed by atoms with Crippen LogP contribution in [-0.2, 0) is 16.1 Å². The van der Waals surface area contributed by atoms with E-state index in [-0.39, 0.29) is 18.3 Å². The summed E-state index contributed by atoms with van der Waals surface area (Å²) in [6, 6.07) is 17.8. The van der Waals surface area contributed by atoms with Crippen LogP contribution in [0.2, 0.25) is 0 Å². The highest BCUT2D eigenvalue weighted by Gasteiger charge is 2.33. The van der Waals surface area contributed by atoms with Crippen molar-refractivity contribution in [3.05, 3.63) is 82.7 Å². The number of para-hydroxylation sites is 1. The molecular formula is C24H19NO6S2. The van der Waals surface area contributed by atoms with Crippen LogP contribution in [0.1, 0.15) is 21.9 Å². The zero-order valence-corrected chi connectivity index (χ0v) is 19.4. The van der Waals surface area contributed by atoms with Crippen LogP contribution in [0.3, 0.4) is 0 Å². The summed E-state index contributed by atoms with van der Waals surface area (Å²) >= 11 is 6.66. The van der Waals surface area contributed by atoms with Crippen LogP contribution in [-0.4, -0.2) is 30.4 Å². The molecule has 0 unspecified atom stereocenters. The lowest BCUT2D eigenvalue weighted by Gasteiger charge is -2.13. The standard InChI is InChI=1S/C24H19NO6S2/c1-28-20-12-15(8-10-18(20)30-14-17-9-11-19(31-17)23(27)29-2)13-21-22(26)25(24(32)33-21)16-6-4-3-5-7-16/h3-13H,14H2,1-2H3/b21-13+. The molecule has 1 amide bonds. The van der Waals surface area contributed by atoms with Crippen molar-refractivity contribution >= 4 is 51.9 Å². The summed E-state index contributed by atoms with van der Waals surface area (Å²) in [5.41, 5.74) is 1.50. The fourth-order valence-corrected chi connectivity index (χ4v) is 4.43. The van der Waals surface area contributed by atoms with Crippen molar-refractivity contribution in [2.45, 2.75) is 6.61 Å². The predicted octanol–water partition coefficient (Wildman–Crippen LogP) is 5.06. The van der Waals surface area contributed by atoms with Crippen molar-refractivity contribution in [1.82, 2.24) is 0 Å². The maximum Gasteiger partial charge on any atom is 0.373 e. The summed E-state index contributed by atoms with van der Waals surface area (Å²) in [5, 5.41) is 0. The van der Waals surface area contributed by atoms with E-state index in [0.29, 0.717) is 26.5 Å². The van der Waals surface area contributed by atoms with Crippen LogP contribution in [0.5, 0.6) is 11.5 Å². The monoisotopic (exact) mass is 481 g/mol. The van der Waals surface area contributed by atoms with Gasteiger partial charge in [0, 0.05) is 0 Å². The molecule has 1 fully saturated rings. The van der Waals surface area contributed by atoms with Crippen molar-refractivity contribution in [1.29, 1.82) is 0 Å². The van der Waals surface area contributed by atoms with Gasteiger partial charge in [0.1, 0.15) is 12.4 Å². The van der Waals surface area contributed by atoms with Gasteiger partial charge in [-0.3, -0.25) is 9.69 Å². The molecule has 2 heterocycles. The smallest absolute Gasteiger partial charge is 0.373 e. The SMILES string of the molecule is COC(=O)c1ccc(COc2ccc(/C=C3/SC(=S)N(c4ccccc4)C3=O)cc2OC)o1. The van der Waals surface area contributed by atoms with Gasteiger partial charge < -0.3 is 18.6 Å². The Morgan fingerprint density at radius 3 is 2.61 bits per heavy atom. The summed E-state index contributed by atoms with van der Waals surface area (Å²) in [7, 11) is 2.82. The fraction of sp³-hybridized carbons (Fsp3) is 0.125. The van der Waals surface area contributed by atoms with Gasteiger partial charge in [0.25, 0.3) is 5.91 Å². The third-order valence-corrected chi connectivity index (χ3v) is 6.01. The maximum absolute atomic E-state index is 12.9. The molecule has 4 rings (SSSR count). The van der Waals surface area contributed by atoms with Gasteiger partial charge in [0.2, 0.25) is 5.76 Å². The minimum Gasteiger partial charge on any atom is -0.493 e. The van der Waals surface area contributed by atoms with Crippen LogP contribution in [0.15, 0.2) is 70.0 Å². The predicted molar refractivity (Wildman–Crippen MR) is 129 cm³/mol. The number of nitrogens with zero attached hydrogens (tertiary/aromatic N) is 1. The van der Waals surface area contributed by atoms with Crippen LogP contribution >= 0.6 is 24.0 Å². The molecule has 168 valence electrons. The van der Waals surface area contributed by atoms with E-state index in [2.05, 4.69) is 4.74 Å². The van der Waals surface area contributed by atoms with Crippen molar-refractivity contribution in [3.8, 4) is 11.5 Å². The first-order valence-corrected chi connectivity index (χ1v) is 11.0. The second kappa shape index (κ2) is 9.93. The Kier molecular flexibility index (Phi) is 6.81. The Morgan fingerprint density at radius 2 is 1.88 bits per heavy atom. The van der Waals surface area contributed by atoms with Gasteiger partial charge in [-0.1, -0.05) is 48.2 Å². The van der Waals surface area contributed by atoms with Crippen LogP contribution in [0, 0.1) is 0 Å². The number of esters is 1. The van der Waals surface area contributed by atoms with Crippen LogP contribution in [0.25, 0.3) is 6.08 Å². The number of rotatable bonds is 7. The molecule has 9 heteroatoms. The molecule has 0 N–H and O–H groups in total. The van der Waals surface area contributed by atoms with Gasteiger partial charge in [0.05, 0.1) is 24.8 Å². The first-order valence-electron chi connectivity index (χ1n) is 9.81. The highest BCUT2D eigenvalue weighted by Crippen LogP contribution is 2.37. The quantitative estimate of drug-likeness (QED) is 0.263. The van der Waals surface area contributed by atoms with Crippen molar-refractivity contribution in [3.63, 3.8) is 0 Å². The third kappa shape index (κ3) is 4.94. The molecule has 0 spiro atoms. The van der Waals surface area contributed by atoms with Crippen molar-refractivity contribution in [2.24, 2.45) is 0 Å². The number of hydrogen-bond donors (Lipinski definition) is 0. The number of ether oxygens (including phenoxy) is 3. The Morgan fingerprint density at radius 1 is 1.09 bits per heavy atom. The summed E-state index contributed by atoms with van der Waals surface area (Å²) in [6.07, 6.45) is 1.77. The lowest BCUT2D eigenvalue weighted by molar-refractivity contribution is -0.113. The van der Waals surface area contributed by atoms with Crippen LogP contribution < -0.4 is 14.4 Å². The molecule has 0 aliphatic carbocycles. The number of thiocarbonyl (C=S) groups is 1. The highest BCUT2D eigenvalue weighted by atomic mass is 32.2. The molecule has 0 atom stereocenters. The van der Waals surface area contributed by atoms with Gasteiger partial charge in [-0.15, -0.1) is 0 Å². The number of thioether (sulfide) groups is 1. The van der Waals surface area contributed by atoms with E-state index in [9.17, 15) is 9.59 Å². The molecule has 1 aliphatic rings. The first-order chi connectivity index (χ1) is 16.0. The second-order valence-electron chi connectivity index (χ2n) is 6.81. The normalized spacial score (nSPS) is 14.6. The molecule has 0 saturated carbocycles. The van der Waals surface area contributed by atoms with Gasteiger partial charge in [-0.05, 0) is 48.0 Å². The summed E-state index contributed by atoms with van der Waals surface area (Å²) < 4.78 is 21.8. The molecule has 33 heavy (non-hydrogen) atoms. The number of hydrogen-bond acceptors (Lipinski definition) is 8. The van der Waals surface area contributed by atoms with Crippen molar-refractivity contribution in [2.75, 3.05) is 19.1 Å². The molecule has 1 saturated heterocycles. The highest BCUT2D eigenvalue weighted by molar-refractivity contribution is 8.27. The largest absolute Gasteiger partial charge is 0.493 e. The maximum atomic E-state index is 12.9. The zero-order chi connectivity index (χ0) is 23.4. The molecule has 1 aliphatic heterocycles. The second-order valence-corrected chi connectivity index (χ2v) is 8.48. The minimum absolute atomic E-state index is 0.0996. The van der Waals surface area contributed by atoms with E-state index in [0.717, 1.165) is 11.3 Å². The average molecular weight is 482 g/mol. The molecule has 3 aromatic rings. The Hall–Kier alpha value is -3.56. The Labute approximate surface area is 199 Å². The number of carbonyl (C=O) groups is 2. The molecule has 0 bridgehead atoms. The van der Waals surface area contributed by atoms with E-state index in [1.54, 1.807) is 24.3 Å². The van der Waals surface area contributed by atoms with E-state index < -0.39 is 5.97 Å². The summed E-state index contributed by atoms with van der Waals surface area (Å²) in [5.74, 6) is 0.817. The number of anilines is 1. The summed E-state index contributed by atoms with van der Waals surface area (Å²) in [4.78, 5) is 26.5. The molecule has 0 radical (unpaired) electrons. The lowest BCUT2D eigenvalue weighted by atomic mass is 10.2. The summed E-state index contributed by atoms with van der Waals surface area (Å²) in [6.45, 7) is 0.0996. The number of carbonyl (C=O) groups excluding carboxylic acids is 2. The molecule has 1 aromatic heterocycles. The van der Waals surface area contributed by atoms with E-state index >= 15 is 0 Å². The van der Waals surface area contributed by atoms with Crippen molar-refractivity contribution < 1.29 is 28.2 Å². The molecular weight excluding hydrogens is 462 g/mol. The van der Waals surface area contributed by atoms with E-state index in [1.165, 1.54) is 36.9 Å². The van der Waals surface area contributed by atoms with Crippen LogP contribution in [0.4, 0.5) is 5.69 Å².